The molecule has 0 saturated carbocycles. The molecule has 2 N–H and O–H groups in total. The molecule has 0 saturated heterocycles. The van der Waals surface area contributed by atoms with E-state index >= 15 is 0 Å². The normalized spacial score (nSPS) is 10.3. The van der Waals surface area contributed by atoms with Crippen LogP contribution in [-0.2, 0) is 0 Å². The highest BCUT2D eigenvalue weighted by molar-refractivity contribution is 6.03. The highest BCUT2D eigenvalue weighted by atomic mass is 19.1. The van der Waals surface area contributed by atoms with Gasteiger partial charge in [0.05, 0.1) is 5.69 Å². The number of hydrogen-bond donors (Lipinski definition) is 2. The third kappa shape index (κ3) is 2.63. The van der Waals surface area contributed by atoms with Gasteiger partial charge in [0.2, 0.25) is 5.76 Å². The molecule has 0 unspecified atom stereocenters. The molecule has 0 atom stereocenters. The van der Waals surface area contributed by atoms with Crippen molar-refractivity contribution in [3.8, 4) is 0 Å². The molecule has 1 aromatic carbocycles. The van der Waals surface area contributed by atoms with Gasteiger partial charge in [0.25, 0.3) is 5.91 Å². The van der Waals surface area contributed by atoms with Crippen LogP contribution in [0.3, 0.4) is 0 Å². The second-order valence-corrected chi connectivity index (χ2v) is 3.92. The van der Waals surface area contributed by atoms with E-state index in [0.717, 1.165) is 18.2 Å². The number of nitrogens with one attached hydrogen (secondary N) is 1. The fraction of sp³-hybridized carbons (Fsp3) is 0.0833. The van der Waals surface area contributed by atoms with E-state index in [9.17, 15) is 18.4 Å². The number of carbonyl (C=O) groups excluding carboxylic acids is 1. The van der Waals surface area contributed by atoms with Crippen molar-refractivity contribution >= 4 is 17.6 Å². The molecular weight excluding hydrogens is 274 g/mol. The predicted molar refractivity (Wildman–Crippen MR) is 62.5 cm³/mol. The highest BCUT2D eigenvalue weighted by Gasteiger charge is 2.18. The van der Waals surface area contributed by atoms with Crippen molar-refractivity contribution in [1.29, 1.82) is 0 Å². The van der Waals surface area contributed by atoms with Crippen LogP contribution in [-0.4, -0.2) is 22.1 Å². The van der Waals surface area contributed by atoms with Crippen molar-refractivity contribution in [3.05, 3.63) is 46.9 Å². The molecule has 0 aliphatic carbocycles. The minimum Gasteiger partial charge on any atom is -0.475 e. The molecule has 2 aromatic rings. The topological polar surface area (TPSA) is 92.4 Å². The van der Waals surface area contributed by atoms with E-state index in [1.165, 1.54) is 6.92 Å². The Labute approximate surface area is 111 Å². The molecule has 0 aliphatic rings. The third-order valence-electron chi connectivity index (χ3n) is 2.45. The molecule has 8 heteroatoms. The second kappa shape index (κ2) is 5.08. The number of anilines is 1. The number of carboxylic acid groups (broad SMARTS) is 1. The van der Waals surface area contributed by atoms with Crippen LogP contribution in [0, 0.1) is 18.6 Å². The van der Waals surface area contributed by atoms with Crippen molar-refractivity contribution in [2.75, 3.05) is 5.32 Å². The Morgan fingerprint density at radius 2 is 1.95 bits per heavy atom. The van der Waals surface area contributed by atoms with Gasteiger partial charge in [-0.2, -0.15) is 0 Å². The maximum atomic E-state index is 13.5. The zero-order chi connectivity index (χ0) is 14.9. The Bertz CT molecular complexity index is 697. The first-order valence-corrected chi connectivity index (χ1v) is 5.35. The number of carbonyl (C=O) groups is 2. The van der Waals surface area contributed by atoms with Crippen molar-refractivity contribution in [2.45, 2.75) is 6.92 Å². The molecule has 0 spiro atoms. The lowest BCUT2D eigenvalue weighted by molar-refractivity contribution is 0.0651. The van der Waals surface area contributed by atoms with Gasteiger partial charge in [-0.05, 0) is 18.6 Å². The first kappa shape index (κ1) is 13.7. The zero-order valence-corrected chi connectivity index (χ0v) is 10.1. The number of aryl methyl sites for hydroxylation is 1. The lowest BCUT2D eigenvalue weighted by Crippen LogP contribution is -2.13. The Morgan fingerprint density at radius 1 is 1.25 bits per heavy atom. The number of rotatable bonds is 3. The summed E-state index contributed by atoms with van der Waals surface area (Å²) in [4.78, 5) is 22.2. The largest absolute Gasteiger partial charge is 0.475 e. The van der Waals surface area contributed by atoms with Crippen LogP contribution in [0.25, 0.3) is 0 Å². The van der Waals surface area contributed by atoms with E-state index < -0.39 is 29.3 Å². The fourth-order valence-corrected chi connectivity index (χ4v) is 1.41. The molecule has 1 aromatic heterocycles. The number of aromatic nitrogens is 1. The van der Waals surface area contributed by atoms with Crippen molar-refractivity contribution < 1.29 is 28.0 Å². The Balaban J connectivity index is 2.23. The van der Waals surface area contributed by atoms with Crippen LogP contribution in [0.2, 0.25) is 0 Å². The highest BCUT2D eigenvalue weighted by Crippen LogP contribution is 2.19. The summed E-state index contributed by atoms with van der Waals surface area (Å²) in [7, 11) is 0. The van der Waals surface area contributed by atoms with Gasteiger partial charge in [0, 0.05) is 12.1 Å². The molecule has 6 nitrogen and oxygen atoms in total. The SMILES string of the molecule is Cc1cc(F)c(NC(=O)c2cc(C(=O)O)on2)cc1F. The van der Waals surface area contributed by atoms with Gasteiger partial charge >= 0.3 is 5.97 Å². The lowest BCUT2D eigenvalue weighted by Gasteiger charge is -2.06. The van der Waals surface area contributed by atoms with Gasteiger partial charge in [0.1, 0.15) is 11.6 Å². The van der Waals surface area contributed by atoms with Crippen molar-refractivity contribution in [2.24, 2.45) is 0 Å². The van der Waals surface area contributed by atoms with Crippen LogP contribution >= 0.6 is 0 Å². The molecule has 0 radical (unpaired) electrons. The number of aromatic carboxylic acids is 1. The Morgan fingerprint density at radius 3 is 2.55 bits per heavy atom. The number of nitrogens with zero attached hydrogens (tertiary/aromatic N) is 1. The maximum Gasteiger partial charge on any atom is 0.374 e. The summed E-state index contributed by atoms with van der Waals surface area (Å²) >= 11 is 0. The summed E-state index contributed by atoms with van der Waals surface area (Å²) in [5.41, 5.74) is -0.643. The van der Waals surface area contributed by atoms with E-state index in [4.69, 9.17) is 5.11 Å². The minimum absolute atomic E-state index is 0.0927. The van der Waals surface area contributed by atoms with Crippen LogP contribution in [0.4, 0.5) is 14.5 Å². The summed E-state index contributed by atoms with van der Waals surface area (Å²) in [6.07, 6.45) is 0. The molecule has 2 rings (SSSR count). The third-order valence-corrected chi connectivity index (χ3v) is 2.45. The van der Waals surface area contributed by atoms with Crippen LogP contribution in [0.5, 0.6) is 0 Å². The fourth-order valence-electron chi connectivity index (χ4n) is 1.41. The average Bonchev–Trinajstić information content (AvgIpc) is 2.85. The van der Waals surface area contributed by atoms with Crippen LogP contribution in [0.15, 0.2) is 22.7 Å². The van der Waals surface area contributed by atoms with Crippen molar-refractivity contribution in [1.82, 2.24) is 5.16 Å². The molecule has 20 heavy (non-hydrogen) atoms. The average molecular weight is 282 g/mol. The van der Waals surface area contributed by atoms with Gasteiger partial charge < -0.3 is 14.9 Å². The molecule has 104 valence electrons. The van der Waals surface area contributed by atoms with Crippen LogP contribution < -0.4 is 5.32 Å². The number of amides is 1. The monoisotopic (exact) mass is 282 g/mol. The Hall–Kier alpha value is -2.77. The summed E-state index contributed by atoms with van der Waals surface area (Å²) in [6, 6.07) is 2.62. The molecular formula is C12H8F2N2O4. The number of halogens is 2. The number of benzene rings is 1. The quantitative estimate of drug-likeness (QED) is 0.900. The van der Waals surface area contributed by atoms with Gasteiger partial charge in [-0.25, -0.2) is 13.6 Å². The second-order valence-electron chi connectivity index (χ2n) is 3.92. The standard InChI is InChI=1S/C12H8F2N2O4/c1-5-2-7(14)8(3-6(5)13)15-11(17)9-4-10(12(18)19)20-16-9/h2-4H,1H3,(H,15,17)(H,18,19). The van der Waals surface area contributed by atoms with E-state index in [1.54, 1.807) is 0 Å². The summed E-state index contributed by atoms with van der Waals surface area (Å²) < 4.78 is 31.2. The van der Waals surface area contributed by atoms with Gasteiger partial charge in [-0.1, -0.05) is 5.16 Å². The maximum absolute atomic E-state index is 13.5. The predicted octanol–water partition coefficient (Wildman–Crippen LogP) is 2.21. The van der Waals surface area contributed by atoms with E-state index in [-0.39, 0.29) is 16.9 Å². The molecule has 0 bridgehead atoms. The first-order valence-electron chi connectivity index (χ1n) is 5.35. The lowest BCUT2D eigenvalue weighted by atomic mass is 10.2. The van der Waals surface area contributed by atoms with E-state index in [0.29, 0.717) is 0 Å². The van der Waals surface area contributed by atoms with E-state index in [2.05, 4.69) is 15.0 Å². The summed E-state index contributed by atoms with van der Waals surface area (Å²) in [5.74, 6) is -4.36. The zero-order valence-electron chi connectivity index (χ0n) is 10.1. The van der Waals surface area contributed by atoms with E-state index in [1.807, 2.05) is 0 Å². The summed E-state index contributed by atoms with van der Waals surface area (Å²) in [6.45, 7) is 1.38. The Kier molecular flexibility index (Phi) is 3.47. The van der Waals surface area contributed by atoms with Crippen molar-refractivity contribution in [3.63, 3.8) is 0 Å². The van der Waals surface area contributed by atoms with Gasteiger partial charge in [0.15, 0.2) is 5.69 Å². The number of hydrogen-bond acceptors (Lipinski definition) is 4. The minimum atomic E-state index is -1.40. The summed E-state index contributed by atoms with van der Waals surface area (Å²) in [5, 5.41) is 13.9. The number of carboxylic acids is 1. The van der Waals surface area contributed by atoms with Gasteiger partial charge in [-0.15, -0.1) is 0 Å². The first-order chi connectivity index (χ1) is 9.38. The molecule has 0 aliphatic heterocycles. The van der Waals surface area contributed by atoms with Crippen LogP contribution in [0.1, 0.15) is 26.6 Å². The molecule has 1 amide bonds. The molecule has 1 heterocycles. The van der Waals surface area contributed by atoms with Gasteiger partial charge in [-0.3, -0.25) is 4.79 Å². The molecule has 0 fully saturated rings. The smallest absolute Gasteiger partial charge is 0.374 e.